The Morgan fingerprint density at radius 1 is 1.36 bits per heavy atom. The van der Waals surface area contributed by atoms with Crippen LogP contribution in [0.25, 0.3) is 0 Å². The zero-order valence-corrected chi connectivity index (χ0v) is 13.7. The first-order valence-corrected chi connectivity index (χ1v) is 8.33. The Hall–Kier alpha value is -1.91. The van der Waals surface area contributed by atoms with Crippen LogP contribution < -0.4 is 5.32 Å². The van der Waals surface area contributed by atoms with Crippen molar-refractivity contribution in [3.8, 4) is 0 Å². The summed E-state index contributed by atoms with van der Waals surface area (Å²) in [6.45, 7) is 7.70. The van der Waals surface area contributed by atoms with E-state index in [1.54, 1.807) is 11.3 Å². The Kier molecular flexibility index (Phi) is 6.37. The number of carbonyl (C=O) groups is 1. The number of hydrogen-bond donors (Lipinski definition) is 1. The molecule has 0 spiro atoms. The zero-order valence-electron chi connectivity index (χ0n) is 12.9. The minimum Gasteiger partial charge on any atom is -0.325 e. The fourth-order valence-electron chi connectivity index (χ4n) is 2.26. The lowest BCUT2D eigenvalue weighted by atomic mass is 10.1. The van der Waals surface area contributed by atoms with Gasteiger partial charge in [0.1, 0.15) is 0 Å². The number of benzene rings is 1. The molecular formula is C18H22N2OS. The van der Waals surface area contributed by atoms with Crippen LogP contribution in [0.5, 0.6) is 0 Å². The molecule has 0 aliphatic carbocycles. The molecule has 1 amide bonds. The summed E-state index contributed by atoms with van der Waals surface area (Å²) in [5, 5.41) is 5.03. The number of amides is 1. The molecule has 116 valence electrons. The van der Waals surface area contributed by atoms with E-state index >= 15 is 0 Å². The van der Waals surface area contributed by atoms with E-state index in [9.17, 15) is 4.79 Å². The number of aryl methyl sites for hydroxylation is 1. The zero-order chi connectivity index (χ0) is 15.8. The first-order chi connectivity index (χ1) is 10.7. The van der Waals surface area contributed by atoms with E-state index in [4.69, 9.17) is 0 Å². The maximum Gasteiger partial charge on any atom is 0.238 e. The predicted molar refractivity (Wildman–Crippen MR) is 94.2 cm³/mol. The van der Waals surface area contributed by atoms with Crippen LogP contribution in [0, 0.1) is 0 Å². The van der Waals surface area contributed by atoms with Crippen molar-refractivity contribution in [3.63, 3.8) is 0 Å². The molecule has 1 aromatic carbocycles. The molecule has 2 aromatic rings. The predicted octanol–water partition coefficient (Wildman–Crippen LogP) is 3.94. The Morgan fingerprint density at radius 2 is 2.23 bits per heavy atom. The molecule has 0 aliphatic heterocycles. The molecule has 0 bridgehead atoms. The highest BCUT2D eigenvalue weighted by molar-refractivity contribution is 7.09. The second kappa shape index (κ2) is 8.51. The summed E-state index contributed by atoms with van der Waals surface area (Å²) in [6.07, 6.45) is 2.79. The van der Waals surface area contributed by atoms with Gasteiger partial charge in [-0.15, -0.1) is 17.9 Å². The van der Waals surface area contributed by atoms with Crippen molar-refractivity contribution in [1.82, 2.24) is 4.90 Å². The molecule has 0 atom stereocenters. The first kappa shape index (κ1) is 16.5. The third-order valence-electron chi connectivity index (χ3n) is 3.33. The molecule has 1 N–H and O–H groups in total. The van der Waals surface area contributed by atoms with Crippen LogP contribution in [0.4, 0.5) is 5.69 Å². The highest BCUT2D eigenvalue weighted by Crippen LogP contribution is 2.13. The molecule has 3 nitrogen and oxygen atoms in total. The van der Waals surface area contributed by atoms with Crippen LogP contribution in [0.2, 0.25) is 0 Å². The lowest BCUT2D eigenvalue weighted by Crippen LogP contribution is -2.32. The fraction of sp³-hybridized carbons (Fsp3) is 0.278. The fourth-order valence-corrected chi connectivity index (χ4v) is 3.01. The molecule has 0 fully saturated rings. The van der Waals surface area contributed by atoms with E-state index in [0.29, 0.717) is 13.1 Å². The Morgan fingerprint density at radius 3 is 2.91 bits per heavy atom. The average molecular weight is 314 g/mol. The van der Waals surface area contributed by atoms with E-state index in [-0.39, 0.29) is 5.91 Å². The third kappa shape index (κ3) is 5.13. The average Bonchev–Trinajstić information content (AvgIpc) is 3.00. The topological polar surface area (TPSA) is 32.3 Å². The summed E-state index contributed by atoms with van der Waals surface area (Å²) in [4.78, 5) is 15.6. The largest absolute Gasteiger partial charge is 0.325 e. The van der Waals surface area contributed by atoms with E-state index in [1.807, 2.05) is 30.3 Å². The number of thiophene rings is 1. The van der Waals surface area contributed by atoms with Gasteiger partial charge in [0, 0.05) is 23.7 Å². The maximum absolute atomic E-state index is 12.2. The van der Waals surface area contributed by atoms with Gasteiger partial charge in [0.2, 0.25) is 5.91 Å². The first-order valence-electron chi connectivity index (χ1n) is 7.45. The van der Waals surface area contributed by atoms with Gasteiger partial charge in [0.25, 0.3) is 0 Å². The third-order valence-corrected chi connectivity index (χ3v) is 4.19. The van der Waals surface area contributed by atoms with Crippen molar-refractivity contribution in [1.29, 1.82) is 0 Å². The Bertz CT molecular complexity index is 607. The van der Waals surface area contributed by atoms with Crippen LogP contribution in [0.3, 0.4) is 0 Å². The number of rotatable bonds is 8. The number of nitrogens with zero attached hydrogens (tertiary/aromatic N) is 1. The molecule has 1 aromatic heterocycles. The van der Waals surface area contributed by atoms with E-state index < -0.39 is 0 Å². The van der Waals surface area contributed by atoms with Crippen LogP contribution in [0.15, 0.2) is 54.4 Å². The van der Waals surface area contributed by atoms with E-state index in [1.165, 1.54) is 10.4 Å². The van der Waals surface area contributed by atoms with Gasteiger partial charge in [0.05, 0.1) is 6.54 Å². The smallest absolute Gasteiger partial charge is 0.238 e. The number of carbonyl (C=O) groups excluding carboxylic acids is 1. The van der Waals surface area contributed by atoms with Gasteiger partial charge < -0.3 is 5.32 Å². The highest BCUT2D eigenvalue weighted by atomic mass is 32.1. The van der Waals surface area contributed by atoms with E-state index in [2.05, 4.69) is 41.2 Å². The van der Waals surface area contributed by atoms with Crippen molar-refractivity contribution < 1.29 is 4.79 Å². The Balaban J connectivity index is 1.93. The van der Waals surface area contributed by atoms with Crippen molar-refractivity contribution >= 4 is 22.9 Å². The molecule has 4 heteroatoms. The molecular weight excluding hydrogens is 292 g/mol. The second-order valence-corrected chi connectivity index (χ2v) is 6.17. The van der Waals surface area contributed by atoms with Crippen molar-refractivity contribution in [2.75, 3.05) is 18.4 Å². The summed E-state index contributed by atoms with van der Waals surface area (Å²) in [5.41, 5.74) is 2.08. The standard InChI is InChI=1S/C18H22N2OS/c1-3-10-20(13-17-9-6-11-22-17)14-18(21)19-16-8-5-7-15(4-2)12-16/h3,5-9,11-12H,1,4,10,13-14H2,2H3,(H,19,21). The second-order valence-electron chi connectivity index (χ2n) is 5.14. The normalized spacial score (nSPS) is 10.6. The van der Waals surface area contributed by atoms with Crippen LogP contribution in [0.1, 0.15) is 17.4 Å². The SMILES string of the molecule is C=CCN(CC(=O)Nc1cccc(CC)c1)Cc1cccs1. The summed E-state index contributed by atoms with van der Waals surface area (Å²) >= 11 is 1.71. The monoisotopic (exact) mass is 314 g/mol. The lowest BCUT2D eigenvalue weighted by Gasteiger charge is -2.19. The molecule has 1 heterocycles. The molecule has 0 radical (unpaired) electrons. The Labute approximate surface area is 136 Å². The molecule has 2 rings (SSSR count). The van der Waals surface area contributed by atoms with Crippen LogP contribution >= 0.6 is 11.3 Å². The van der Waals surface area contributed by atoms with E-state index in [0.717, 1.165) is 18.7 Å². The quantitative estimate of drug-likeness (QED) is 0.749. The summed E-state index contributed by atoms with van der Waals surface area (Å²) in [7, 11) is 0. The minimum absolute atomic E-state index is 0.00617. The molecule has 22 heavy (non-hydrogen) atoms. The lowest BCUT2D eigenvalue weighted by molar-refractivity contribution is -0.117. The summed E-state index contributed by atoms with van der Waals surface area (Å²) in [6, 6.07) is 12.1. The number of anilines is 1. The van der Waals surface area contributed by atoms with Crippen molar-refractivity contribution in [2.45, 2.75) is 19.9 Å². The van der Waals surface area contributed by atoms with Crippen LogP contribution in [-0.4, -0.2) is 23.9 Å². The van der Waals surface area contributed by atoms with Gasteiger partial charge in [-0.2, -0.15) is 0 Å². The highest BCUT2D eigenvalue weighted by Gasteiger charge is 2.11. The van der Waals surface area contributed by atoms with Crippen molar-refractivity contribution in [3.05, 3.63) is 64.9 Å². The summed E-state index contributed by atoms with van der Waals surface area (Å²) < 4.78 is 0. The van der Waals surface area contributed by atoms with Crippen molar-refractivity contribution in [2.24, 2.45) is 0 Å². The molecule has 0 saturated carbocycles. The molecule has 0 aliphatic rings. The van der Waals surface area contributed by atoms with Gasteiger partial charge in [0.15, 0.2) is 0 Å². The van der Waals surface area contributed by atoms with Gasteiger partial charge in [-0.1, -0.05) is 31.2 Å². The maximum atomic E-state index is 12.2. The van der Waals surface area contributed by atoms with Crippen LogP contribution in [-0.2, 0) is 17.8 Å². The molecule has 0 unspecified atom stereocenters. The number of hydrogen-bond acceptors (Lipinski definition) is 3. The summed E-state index contributed by atoms with van der Waals surface area (Å²) in [5.74, 6) is 0.00617. The molecule has 0 saturated heterocycles. The minimum atomic E-state index is 0.00617. The number of nitrogens with one attached hydrogen (secondary N) is 1. The van der Waals surface area contributed by atoms with Gasteiger partial charge in [-0.3, -0.25) is 9.69 Å². The van der Waals surface area contributed by atoms with Gasteiger partial charge in [-0.05, 0) is 35.6 Å². The van der Waals surface area contributed by atoms with Gasteiger partial charge in [-0.25, -0.2) is 0 Å². The van der Waals surface area contributed by atoms with Gasteiger partial charge >= 0.3 is 0 Å².